The SMILES string of the molecule is CCCCCCCCCC/C=C\CCCCCCCCCCCCCCCCCCCCCCCCCCCCCCCC(=O)NC(COC1OC(CO)C(OC2OC(CO)C(OC3OC(CO)C(O)C(O)C3O)C(O)C2O)C(O)C1O)C(O)/C=C/CC/C=C/CCCCCCCCCCCCCCCCCCCCCCCCCCCCC. The highest BCUT2D eigenvalue weighted by molar-refractivity contribution is 5.76. The average Bonchev–Trinajstić information content (AvgIpc) is 0.778. The Labute approximate surface area is 727 Å². The van der Waals surface area contributed by atoms with Crippen molar-refractivity contribution >= 4 is 5.91 Å². The Kier molecular flexibility index (Phi) is 74.2. The molecular weight excluding hydrogens is 1500 g/mol. The molecule has 0 saturated carbocycles. The van der Waals surface area contributed by atoms with Crippen molar-refractivity contribution < 1.29 is 89.4 Å². The highest BCUT2D eigenvalue weighted by Gasteiger charge is 2.54. The normalized spacial score (nSPS) is 24.3. The number of hydrogen-bond donors (Lipinski definition) is 12. The molecule has 17 atom stereocenters. The van der Waals surface area contributed by atoms with Gasteiger partial charge in [0.2, 0.25) is 5.91 Å². The van der Waals surface area contributed by atoms with E-state index >= 15 is 0 Å². The third-order valence-electron chi connectivity index (χ3n) is 25.4. The van der Waals surface area contributed by atoms with Crippen LogP contribution in [0.1, 0.15) is 463 Å². The lowest BCUT2D eigenvalue weighted by molar-refractivity contribution is -0.379. The van der Waals surface area contributed by atoms with E-state index < -0.39 is 124 Å². The van der Waals surface area contributed by atoms with Gasteiger partial charge in [0, 0.05) is 6.42 Å². The van der Waals surface area contributed by atoms with Crippen LogP contribution in [0.4, 0.5) is 0 Å². The van der Waals surface area contributed by atoms with Crippen LogP contribution in [0.3, 0.4) is 0 Å². The van der Waals surface area contributed by atoms with Crippen molar-refractivity contribution in [1.29, 1.82) is 0 Å². The number of allylic oxidation sites excluding steroid dienone is 5. The van der Waals surface area contributed by atoms with E-state index in [-0.39, 0.29) is 18.9 Å². The maximum atomic E-state index is 13.6. The summed E-state index contributed by atoms with van der Waals surface area (Å²) in [4.78, 5) is 13.6. The number of aliphatic hydroxyl groups is 11. The van der Waals surface area contributed by atoms with Gasteiger partial charge >= 0.3 is 0 Å². The van der Waals surface area contributed by atoms with Crippen molar-refractivity contribution in [3.05, 3.63) is 36.5 Å². The molecule has 1 amide bonds. The van der Waals surface area contributed by atoms with Crippen LogP contribution in [-0.4, -0.2) is 193 Å². The first-order valence-electron chi connectivity index (χ1n) is 50.7. The fraction of sp³-hybridized carbons (Fsp3) is 0.930. The molecule has 17 unspecified atom stereocenters. The molecule has 0 aromatic heterocycles. The fourth-order valence-corrected chi connectivity index (χ4v) is 17.4. The van der Waals surface area contributed by atoms with Gasteiger partial charge in [-0.25, -0.2) is 0 Å². The molecule has 0 aromatic rings. The smallest absolute Gasteiger partial charge is 0.220 e. The maximum Gasteiger partial charge on any atom is 0.220 e. The van der Waals surface area contributed by atoms with Crippen LogP contribution in [-0.2, 0) is 33.2 Å². The Bertz CT molecular complexity index is 2280. The summed E-state index contributed by atoms with van der Waals surface area (Å²) in [7, 11) is 0. The minimum Gasteiger partial charge on any atom is -0.394 e. The standard InChI is InChI=1S/C100H189NO18/c1-3-5-7-9-11-13-15-17-19-21-23-25-27-29-31-33-35-37-38-39-40-41-42-43-44-46-48-50-52-54-56-58-60-62-64-66-68-70-72-74-76-78-88(106)101-83(84(105)77-75-73-71-69-67-65-63-61-59-57-55-53-51-49-47-45-36-34-32-30-28-26-24-22-20-18-16-14-12-10-8-6-4-2)82-114-98-94(112)91(109)96(86(80-103)116-98)119-100-95(113)92(110)97(87(81-104)117-100)118-99-93(111)90(108)89(107)85(79-102)115-99/h21,23,67,69,75,77,83-87,89-100,102-105,107-113H,3-20,22,24-66,68,70-74,76,78-82H2,1-2H3,(H,101,106)/b23-21-,69-67+,77-75+. The third kappa shape index (κ3) is 56.7. The second kappa shape index (κ2) is 79.4. The molecule has 3 aliphatic heterocycles. The number of carbonyl (C=O) groups is 1. The van der Waals surface area contributed by atoms with Gasteiger partial charge in [-0.2, -0.15) is 0 Å². The van der Waals surface area contributed by atoms with E-state index in [1.54, 1.807) is 6.08 Å². The van der Waals surface area contributed by atoms with Crippen LogP contribution >= 0.6 is 0 Å². The van der Waals surface area contributed by atoms with Gasteiger partial charge in [0.05, 0.1) is 38.6 Å². The zero-order chi connectivity index (χ0) is 85.9. The summed E-state index contributed by atoms with van der Waals surface area (Å²) in [6.07, 6.45) is 77.8. The van der Waals surface area contributed by atoms with Gasteiger partial charge in [-0.05, 0) is 57.8 Å². The number of aliphatic hydroxyl groups excluding tert-OH is 11. The maximum absolute atomic E-state index is 13.6. The van der Waals surface area contributed by atoms with Gasteiger partial charge in [-0.1, -0.05) is 436 Å². The molecule has 3 rings (SSSR count). The lowest BCUT2D eigenvalue weighted by atomic mass is 9.96. The van der Waals surface area contributed by atoms with Crippen LogP contribution in [0.25, 0.3) is 0 Å². The Morgan fingerprint density at radius 2 is 0.538 bits per heavy atom. The van der Waals surface area contributed by atoms with Gasteiger partial charge in [-0.15, -0.1) is 0 Å². The first kappa shape index (κ1) is 111. The monoisotopic (exact) mass is 1690 g/mol. The summed E-state index contributed by atoms with van der Waals surface area (Å²) >= 11 is 0. The number of rotatable bonds is 85. The molecule has 3 heterocycles. The number of hydrogen-bond acceptors (Lipinski definition) is 18. The topological polar surface area (TPSA) is 307 Å². The number of unbranched alkanes of at least 4 members (excludes halogenated alkanes) is 65. The van der Waals surface area contributed by atoms with Crippen LogP contribution in [0.15, 0.2) is 36.5 Å². The minimum absolute atomic E-state index is 0.241. The zero-order valence-electron chi connectivity index (χ0n) is 76.4. The molecule has 702 valence electrons. The average molecular weight is 1690 g/mol. The molecular formula is C100H189NO18. The van der Waals surface area contributed by atoms with Gasteiger partial charge in [0.1, 0.15) is 73.2 Å². The fourth-order valence-electron chi connectivity index (χ4n) is 17.4. The summed E-state index contributed by atoms with van der Waals surface area (Å²) in [5.41, 5.74) is 0. The van der Waals surface area contributed by atoms with Gasteiger partial charge in [0.25, 0.3) is 0 Å². The summed E-state index contributed by atoms with van der Waals surface area (Å²) in [5, 5.41) is 121. The quantitative estimate of drug-likeness (QED) is 0.0199. The number of carbonyl (C=O) groups excluding carboxylic acids is 1. The Balaban J connectivity index is 1.28. The van der Waals surface area contributed by atoms with Crippen molar-refractivity contribution in [2.75, 3.05) is 26.4 Å². The minimum atomic E-state index is -1.98. The molecule has 0 radical (unpaired) electrons. The van der Waals surface area contributed by atoms with E-state index in [1.165, 1.54) is 392 Å². The van der Waals surface area contributed by atoms with Crippen LogP contribution in [0, 0.1) is 0 Å². The molecule has 0 spiro atoms. The molecule has 119 heavy (non-hydrogen) atoms. The van der Waals surface area contributed by atoms with Crippen molar-refractivity contribution in [3.63, 3.8) is 0 Å². The van der Waals surface area contributed by atoms with Crippen LogP contribution in [0.2, 0.25) is 0 Å². The molecule has 0 aromatic carbocycles. The van der Waals surface area contributed by atoms with E-state index in [2.05, 4.69) is 43.5 Å². The summed E-state index contributed by atoms with van der Waals surface area (Å²) < 4.78 is 34.6. The second-order valence-electron chi connectivity index (χ2n) is 36.3. The Morgan fingerprint density at radius 3 is 0.840 bits per heavy atom. The highest BCUT2D eigenvalue weighted by Crippen LogP contribution is 2.34. The first-order valence-corrected chi connectivity index (χ1v) is 50.7. The van der Waals surface area contributed by atoms with E-state index in [0.717, 1.165) is 38.5 Å². The molecule has 19 nitrogen and oxygen atoms in total. The summed E-state index contributed by atoms with van der Waals surface area (Å²) in [5.74, 6) is -0.275. The summed E-state index contributed by atoms with van der Waals surface area (Å²) in [6.45, 7) is 1.80. The van der Waals surface area contributed by atoms with Crippen molar-refractivity contribution in [2.45, 2.75) is 568 Å². The van der Waals surface area contributed by atoms with Crippen LogP contribution in [0.5, 0.6) is 0 Å². The van der Waals surface area contributed by atoms with E-state index in [1.807, 2.05) is 6.08 Å². The Morgan fingerprint density at radius 1 is 0.294 bits per heavy atom. The molecule has 3 saturated heterocycles. The first-order chi connectivity index (χ1) is 58.3. The molecule has 3 fully saturated rings. The molecule has 12 N–H and O–H groups in total. The zero-order valence-corrected chi connectivity index (χ0v) is 76.4. The molecule has 3 aliphatic rings. The van der Waals surface area contributed by atoms with Gasteiger partial charge < -0.3 is 89.9 Å². The predicted octanol–water partition coefficient (Wildman–Crippen LogP) is 21.3. The van der Waals surface area contributed by atoms with Crippen molar-refractivity contribution in [1.82, 2.24) is 5.32 Å². The van der Waals surface area contributed by atoms with Gasteiger partial charge in [-0.3, -0.25) is 4.79 Å². The van der Waals surface area contributed by atoms with E-state index in [9.17, 15) is 61.0 Å². The summed E-state index contributed by atoms with van der Waals surface area (Å²) in [6, 6.07) is -0.991. The Hall–Kier alpha value is -1.99. The number of ether oxygens (including phenoxy) is 6. The van der Waals surface area contributed by atoms with E-state index in [0.29, 0.717) is 12.8 Å². The van der Waals surface area contributed by atoms with Crippen LogP contribution < -0.4 is 5.32 Å². The van der Waals surface area contributed by atoms with Crippen molar-refractivity contribution in [3.8, 4) is 0 Å². The van der Waals surface area contributed by atoms with E-state index in [4.69, 9.17) is 28.4 Å². The molecule has 0 aliphatic carbocycles. The number of amides is 1. The van der Waals surface area contributed by atoms with Gasteiger partial charge in [0.15, 0.2) is 18.9 Å². The highest BCUT2D eigenvalue weighted by atomic mass is 16.8. The second-order valence-corrected chi connectivity index (χ2v) is 36.3. The molecule has 19 heteroatoms. The predicted molar refractivity (Wildman–Crippen MR) is 485 cm³/mol. The lowest BCUT2D eigenvalue weighted by Gasteiger charge is -2.48. The molecule has 0 bridgehead atoms. The number of nitrogens with one attached hydrogen (secondary N) is 1. The largest absolute Gasteiger partial charge is 0.394 e. The lowest BCUT2D eigenvalue weighted by Crippen LogP contribution is -2.66. The van der Waals surface area contributed by atoms with Crippen molar-refractivity contribution in [2.24, 2.45) is 0 Å². The third-order valence-corrected chi connectivity index (χ3v) is 25.4.